The quantitative estimate of drug-likeness (QED) is 0.424. The predicted molar refractivity (Wildman–Crippen MR) is 138 cm³/mol. The number of unbranched alkanes of at least 4 members (excludes halogenated alkanes) is 2. The molecular formula is C28H39N3O6. The van der Waals surface area contributed by atoms with E-state index >= 15 is 0 Å². The van der Waals surface area contributed by atoms with Crippen molar-refractivity contribution in [3.63, 3.8) is 0 Å². The maximum Gasteiger partial charge on any atom is 0.308 e. The van der Waals surface area contributed by atoms with Gasteiger partial charge in [0.2, 0.25) is 12.7 Å². The molecule has 0 spiro atoms. The third-order valence-electron chi connectivity index (χ3n) is 7.44. The van der Waals surface area contributed by atoms with Crippen LogP contribution in [0.3, 0.4) is 0 Å². The smallest absolute Gasteiger partial charge is 0.308 e. The molecule has 2 aliphatic heterocycles. The number of carbonyl (C=O) groups is 2. The van der Waals surface area contributed by atoms with Gasteiger partial charge in [-0.25, -0.2) is 4.98 Å². The number of fused-ring (bicyclic) bond motifs is 1. The molecule has 3 heterocycles. The maximum atomic E-state index is 13.5. The first-order chi connectivity index (χ1) is 17.9. The summed E-state index contributed by atoms with van der Waals surface area (Å²) in [6.45, 7) is 8.40. The zero-order valence-electron chi connectivity index (χ0n) is 22.1. The van der Waals surface area contributed by atoms with Crippen molar-refractivity contribution in [2.45, 2.75) is 71.3 Å². The molecule has 0 radical (unpaired) electrons. The molecule has 1 N–H and O–H groups in total. The van der Waals surface area contributed by atoms with Crippen molar-refractivity contribution in [1.82, 2.24) is 14.8 Å². The summed E-state index contributed by atoms with van der Waals surface area (Å²) >= 11 is 0. The SMILES string of the molecule is CCCCN(CCCC)C(=O)CN1C[C@H](c2ccc3c(c2)OCO3)[C@@H](C(=O)O)[C@@H]1CCc1ncc(C)o1. The number of likely N-dealkylation sites (tertiary alicyclic amines) is 1. The molecule has 9 nitrogen and oxygen atoms in total. The van der Waals surface area contributed by atoms with Gasteiger partial charge in [-0.1, -0.05) is 32.8 Å². The van der Waals surface area contributed by atoms with Crippen LogP contribution in [0.1, 0.15) is 69.1 Å². The molecule has 2 aromatic rings. The minimum atomic E-state index is -0.861. The molecular weight excluding hydrogens is 474 g/mol. The summed E-state index contributed by atoms with van der Waals surface area (Å²) < 4.78 is 16.7. The molecule has 4 rings (SSSR count). The summed E-state index contributed by atoms with van der Waals surface area (Å²) in [5, 5.41) is 10.4. The zero-order valence-corrected chi connectivity index (χ0v) is 22.1. The Morgan fingerprint density at radius 2 is 1.86 bits per heavy atom. The lowest BCUT2D eigenvalue weighted by molar-refractivity contribution is -0.143. The minimum Gasteiger partial charge on any atom is -0.481 e. The summed E-state index contributed by atoms with van der Waals surface area (Å²) in [6.07, 6.45) is 6.68. The molecule has 1 amide bonds. The number of oxazole rings is 1. The van der Waals surface area contributed by atoms with E-state index in [1.807, 2.05) is 30.0 Å². The average molecular weight is 514 g/mol. The molecule has 2 aliphatic rings. The van der Waals surface area contributed by atoms with Crippen molar-refractivity contribution in [2.75, 3.05) is 33.0 Å². The molecule has 1 aromatic carbocycles. The number of carboxylic acid groups (broad SMARTS) is 1. The Morgan fingerprint density at radius 1 is 1.14 bits per heavy atom. The van der Waals surface area contributed by atoms with Crippen LogP contribution in [0.2, 0.25) is 0 Å². The summed E-state index contributed by atoms with van der Waals surface area (Å²) in [5.74, 6) is 0.859. The number of nitrogens with zero attached hydrogens (tertiary/aromatic N) is 3. The highest BCUT2D eigenvalue weighted by Gasteiger charge is 2.47. The number of hydrogen-bond donors (Lipinski definition) is 1. The van der Waals surface area contributed by atoms with Gasteiger partial charge in [-0.3, -0.25) is 14.5 Å². The number of aromatic nitrogens is 1. The van der Waals surface area contributed by atoms with E-state index in [4.69, 9.17) is 13.9 Å². The van der Waals surface area contributed by atoms with Crippen LogP contribution in [0.5, 0.6) is 11.5 Å². The van der Waals surface area contributed by atoms with Crippen molar-refractivity contribution >= 4 is 11.9 Å². The molecule has 1 fully saturated rings. The first-order valence-electron chi connectivity index (χ1n) is 13.5. The highest BCUT2D eigenvalue weighted by molar-refractivity contribution is 5.79. The van der Waals surface area contributed by atoms with E-state index in [-0.39, 0.29) is 31.2 Å². The average Bonchev–Trinajstić information content (AvgIpc) is 3.60. The number of aliphatic carboxylic acids is 1. The highest BCUT2D eigenvalue weighted by atomic mass is 16.7. The van der Waals surface area contributed by atoms with Gasteiger partial charge in [0.1, 0.15) is 5.76 Å². The van der Waals surface area contributed by atoms with Crippen molar-refractivity contribution in [3.05, 3.63) is 41.6 Å². The zero-order chi connectivity index (χ0) is 26.4. The van der Waals surface area contributed by atoms with Crippen LogP contribution in [-0.4, -0.2) is 70.8 Å². The topological polar surface area (TPSA) is 105 Å². The lowest BCUT2D eigenvalue weighted by Crippen LogP contribution is -2.44. The molecule has 0 unspecified atom stereocenters. The van der Waals surface area contributed by atoms with Crippen LogP contribution in [-0.2, 0) is 16.0 Å². The number of aryl methyl sites for hydroxylation is 2. The molecule has 0 aliphatic carbocycles. The second kappa shape index (κ2) is 12.4. The Bertz CT molecular complexity index is 1060. The van der Waals surface area contributed by atoms with Gasteiger partial charge in [-0.15, -0.1) is 0 Å². The van der Waals surface area contributed by atoms with Gasteiger partial charge >= 0.3 is 5.97 Å². The van der Waals surface area contributed by atoms with Crippen LogP contribution in [0, 0.1) is 12.8 Å². The normalized spacial score (nSPS) is 20.9. The fraction of sp³-hybridized carbons (Fsp3) is 0.607. The lowest BCUT2D eigenvalue weighted by Gasteiger charge is -2.29. The van der Waals surface area contributed by atoms with Crippen LogP contribution < -0.4 is 9.47 Å². The monoisotopic (exact) mass is 513 g/mol. The van der Waals surface area contributed by atoms with E-state index in [1.54, 1.807) is 6.20 Å². The summed E-state index contributed by atoms with van der Waals surface area (Å²) in [6, 6.07) is 5.32. The van der Waals surface area contributed by atoms with Crippen molar-refractivity contribution in [3.8, 4) is 11.5 Å². The Kier molecular flexibility index (Phi) is 9.08. The van der Waals surface area contributed by atoms with Gasteiger partial charge in [0, 0.05) is 38.0 Å². The predicted octanol–water partition coefficient (Wildman–Crippen LogP) is 4.24. The molecule has 0 saturated carbocycles. The number of benzene rings is 1. The Labute approximate surface area is 218 Å². The van der Waals surface area contributed by atoms with Gasteiger partial charge in [-0.05, 0) is 43.9 Å². The van der Waals surface area contributed by atoms with E-state index < -0.39 is 11.9 Å². The number of carbonyl (C=O) groups excluding carboxylic acids is 1. The van der Waals surface area contributed by atoms with E-state index in [0.29, 0.717) is 36.8 Å². The number of ether oxygens (including phenoxy) is 2. The fourth-order valence-corrected chi connectivity index (χ4v) is 5.46. The summed E-state index contributed by atoms with van der Waals surface area (Å²) in [7, 11) is 0. The third kappa shape index (κ3) is 6.44. The Morgan fingerprint density at radius 3 is 2.51 bits per heavy atom. The number of carboxylic acids is 1. The van der Waals surface area contributed by atoms with Crippen LogP contribution >= 0.6 is 0 Å². The first kappa shape index (κ1) is 27.0. The Balaban J connectivity index is 1.58. The summed E-state index contributed by atoms with van der Waals surface area (Å²) in [4.78, 5) is 34.5. The second-order valence-corrected chi connectivity index (χ2v) is 10.1. The maximum absolute atomic E-state index is 13.5. The van der Waals surface area contributed by atoms with Crippen molar-refractivity contribution < 1.29 is 28.6 Å². The molecule has 202 valence electrons. The molecule has 1 aromatic heterocycles. The number of rotatable bonds is 13. The van der Waals surface area contributed by atoms with Crippen molar-refractivity contribution in [1.29, 1.82) is 0 Å². The molecule has 3 atom stereocenters. The first-order valence-corrected chi connectivity index (χ1v) is 13.5. The van der Waals surface area contributed by atoms with E-state index in [9.17, 15) is 14.7 Å². The van der Waals surface area contributed by atoms with Gasteiger partial charge in [0.05, 0.1) is 18.7 Å². The largest absolute Gasteiger partial charge is 0.481 e. The number of amides is 1. The van der Waals surface area contributed by atoms with Gasteiger partial charge in [-0.2, -0.15) is 0 Å². The summed E-state index contributed by atoms with van der Waals surface area (Å²) in [5.41, 5.74) is 0.886. The fourth-order valence-electron chi connectivity index (χ4n) is 5.46. The number of hydrogen-bond acceptors (Lipinski definition) is 7. The second-order valence-electron chi connectivity index (χ2n) is 10.1. The van der Waals surface area contributed by atoms with Crippen molar-refractivity contribution in [2.24, 2.45) is 5.92 Å². The van der Waals surface area contributed by atoms with Crippen LogP contribution in [0.25, 0.3) is 0 Å². The van der Waals surface area contributed by atoms with Crippen LogP contribution in [0.15, 0.2) is 28.8 Å². The van der Waals surface area contributed by atoms with E-state index in [2.05, 4.69) is 23.7 Å². The third-order valence-corrected chi connectivity index (χ3v) is 7.44. The van der Waals surface area contributed by atoms with E-state index in [1.165, 1.54) is 0 Å². The highest BCUT2D eigenvalue weighted by Crippen LogP contribution is 2.43. The van der Waals surface area contributed by atoms with E-state index in [0.717, 1.165) is 50.1 Å². The Hall–Kier alpha value is -3.07. The molecule has 1 saturated heterocycles. The molecule has 9 heteroatoms. The minimum absolute atomic E-state index is 0.0642. The van der Waals surface area contributed by atoms with Gasteiger partial charge in [0.15, 0.2) is 17.4 Å². The van der Waals surface area contributed by atoms with Gasteiger partial charge in [0.25, 0.3) is 0 Å². The standard InChI is InChI=1S/C28H39N3O6/c1-4-6-12-30(13-7-5-2)26(32)17-31-16-21(20-8-10-23-24(14-20)36-18-35-23)27(28(33)34)22(31)9-11-25-29-15-19(3)37-25/h8,10,14-15,21-22,27H,4-7,9,11-13,16-18H2,1-3H3,(H,33,34)/t21-,22+,27-/m1/s1. The van der Waals surface area contributed by atoms with Gasteiger partial charge < -0.3 is 23.9 Å². The van der Waals surface area contributed by atoms with Crippen LogP contribution in [0.4, 0.5) is 0 Å². The molecule has 0 bridgehead atoms. The molecule has 37 heavy (non-hydrogen) atoms. The lowest BCUT2D eigenvalue weighted by atomic mass is 9.83.